The Morgan fingerprint density at radius 3 is 2.91 bits per heavy atom. The van der Waals surface area contributed by atoms with Crippen molar-refractivity contribution in [2.75, 3.05) is 0 Å². The molecular weight excluding hydrogens is 314 g/mol. The molecule has 0 unspecified atom stereocenters. The van der Waals surface area contributed by atoms with Crippen LogP contribution in [0.25, 0.3) is 10.8 Å². The number of carbonyl (C=O) groups is 2. The number of furan rings is 1. The Balaban J connectivity index is 1.64. The van der Waals surface area contributed by atoms with Crippen molar-refractivity contribution < 1.29 is 14.0 Å². The summed E-state index contributed by atoms with van der Waals surface area (Å²) in [6.07, 6.45) is 3.17. The maximum absolute atomic E-state index is 12.3. The van der Waals surface area contributed by atoms with Gasteiger partial charge in [0.1, 0.15) is 11.5 Å². The fourth-order valence-corrected chi connectivity index (χ4v) is 3.64. The number of nitrogens with two attached hydrogens (primary N) is 1. The summed E-state index contributed by atoms with van der Waals surface area (Å²) < 4.78 is 5.52. The van der Waals surface area contributed by atoms with Crippen LogP contribution in [0, 0.1) is 12.8 Å². The van der Waals surface area contributed by atoms with Crippen LogP contribution in [0.2, 0.25) is 0 Å². The number of carbonyl (C=O) groups excluding carboxylic acids is 2. The van der Waals surface area contributed by atoms with E-state index in [1.165, 1.54) is 11.3 Å². The van der Waals surface area contributed by atoms with Crippen molar-refractivity contribution in [1.29, 1.82) is 0 Å². The summed E-state index contributed by atoms with van der Waals surface area (Å²) in [6, 6.07) is 3.68. The molecule has 6 nitrogen and oxygen atoms in total. The Morgan fingerprint density at radius 2 is 2.22 bits per heavy atom. The second kappa shape index (κ2) is 6.54. The van der Waals surface area contributed by atoms with Crippen LogP contribution in [0.4, 0.5) is 0 Å². The molecule has 3 N–H and O–H groups in total. The van der Waals surface area contributed by atoms with Gasteiger partial charge in [-0.2, -0.15) is 0 Å². The number of amides is 2. The molecule has 0 spiro atoms. The van der Waals surface area contributed by atoms with Crippen LogP contribution in [0.5, 0.6) is 0 Å². The third-order valence-electron chi connectivity index (χ3n) is 4.10. The zero-order valence-corrected chi connectivity index (χ0v) is 13.7. The predicted molar refractivity (Wildman–Crippen MR) is 87.0 cm³/mol. The van der Waals surface area contributed by atoms with E-state index in [2.05, 4.69) is 10.3 Å². The molecule has 1 saturated carbocycles. The maximum Gasteiger partial charge on any atom is 0.270 e. The summed E-state index contributed by atoms with van der Waals surface area (Å²) in [5, 5.41) is 5.36. The van der Waals surface area contributed by atoms with Crippen molar-refractivity contribution in [3.63, 3.8) is 0 Å². The van der Waals surface area contributed by atoms with Gasteiger partial charge in [0.05, 0.1) is 0 Å². The fourth-order valence-electron chi connectivity index (χ4n) is 2.88. The zero-order valence-electron chi connectivity index (χ0n) is 12.9. The van der Waals surface area contributed by atoms with E-state index in [1.54, 1.807) is 5.38 Å². The normalized spacial score (nSPS) is 21.1. The molecule has 2 amide bonds. The van der Waals surface area contributed by atoms with E-state index >= 15 is 0 Å². The second-order valence-electron chi connectivity index (χ2n) is 5.88. The highest BCUT2D eigenvalue weighted by Gasteiger charge is 2.27. The Labute approximate surface area is 138 Å². The highest BCUT2D eigenvalue weighted by atomic mass is 32.1. The standard InChI is InChI=1S/C16H19N3O3S/c1-9-5-6-13(22-9)16-19-12(8-23-16)15(21)18-11-4-2-3-10(7-11)14(17)20/h5-6,8,10-11H,2-4,7H2,1H3,(H2,17,20)(H,18,21)/t10-,11+/m1/s1. The molecule has 1 aliphatic carbocycles. The van der Waals surface area contributed by atoms with Crippen LogP contribution in [-0.2, 0) is 4.79 Å². The molecule has 0 saturated heterocycles. The minimum Gasteiger partial charge on any atom is -0.459 e. The molecule has 0 aromatic carbocycles. The summed E-state index contributed by atoms with van der Waals surface area (Å²) in [5.74, 6) is 0.823. The SMILES string of the molecule is Cc1ccc(-c2nc(C(=O)N[C@H]3CCC[C@@H](C(N)=O)C3)cs2)o1. The number of thiazole rings is 1. The molecule has 0 radical (unpaired) electrons. The van der Waals surface area contributed by atoms with Gasteiger partial charge in [-0.15, -0.1) is 11.3 Å². The fraction of sp³-hybridized carbons (Fsp3) is 0.438. The van der Waals surface area contributed by atoms with Crippen molar-refractivity contribution in [1.82, 2.24) is 10.3 Å². The molecule has 23 heavy (non-hydrogen) atoms. The van der Waals surface area contributed by atoms with E-state index < -0.39 is 0 Å². The second-order valence-corrected chi connectivity index (χ2v) is 6.74. The van der Waals surface area contributed by atoms with Crippen LogP contribution in [0.15, 0.2) is 21.9 Å². The number of aromatic nitrogens is 1. The van der Waals surface area contributed by atoms with E-state index in [0.29, 0.717) is 22.9 Å². The van der Waals surface area contributed by atoms with Gasteiger partial charge in [-0.1, -0.05) is 6.42 Å². The highest BCUT2D eigenvalue weighted by molar-refractivity contribution is 7.13. The molecule has 2 atom stereocenters. The summed E-state index contributed by atoms with van der Waals surface area (Å²) in [5.41, 5.74) is 5.74. The van der Waals surface area contributed by atoms with E-state index in [4.69, 9.17) is 10.2 Å². The number of rotatable bonds is 4. The molecule has 122 valence electrons. The van der Waals surface area contributed by atoms with Crippen LogP contribution in [0.3, 0.4) is 0 Å². The Bertz CT molecular complexity index is 722. The average molecular weight is 333 g/mol. The highest BCUT2D eigenvalue weighted by Crippen LogP contribution is 2.27. The van der Waals surface area contributed by atoms with E-state index in [1.807, 2.05) is 19.1 Å². The van der Waals surface area contributed by atoms with Gasteiger partial charge in [-0.25, -0.2) is 4.98 Å². The lowest BCUT2D eigenvalue weighted by atomic mass is 9.85. The summed E-state index contributed by atoms with van der Waals surface area (Å²) in [6.45, 7) is 1.86. The summed E-state index contributed by atoms with van der Waals surface area (Å²) in [7, 11) is 0. The van der Waals surface area contributed by atoms with Gasteiger partial charge in [0, 0.05) is 17.3 Å². The first-order valence-electron chi connectivity index (χ1n) is 7.65. The molecule has 2 aromatic heterocycles. The lowest BCUT2D eigenvalue weighted by molar-refractivity contribution is -0.122. The maximum atomic E-state index is 12.3. The molecule has 0 aliphatic heterocycles. The van der Waals surface area contributed by atoms with E-state index in [-0.39, 0.29) is 23.8 Å². The molecule has 1 fully saturated rings. The van der Waals surface area contributed by atoms with Crippen LogP contribution >= 0.6 is 11.3 Å². The van der Waals surface area contributed by atoms with Crippen molar-refractivity contribution >= 4 is 23.2 Å². The number of hydrogen-bond donors (Lipinski definition) is 2. The van der Waals surface area contributed by atoms with Crippen LogP contribution in [0.1, 0.15) is 41.9 Å². The zero-order chi connectivity index (χ0) is 16.4. The molecule has 2 heterocycles. The first-order chi connectivity index (χ1) is 11.0. The molecule has 7 heteroatoms. The first-order valence-corrected chi connectivity index (χ1v) is 8.53. The van der Waals surface area contributed by atoms with Crippen molar-refractivity contribution in [3.05, 3.63) is 29.0 Å². The largest absolute Gasteiger partial charge is 0.459 e. The minimum absolute atomic E-state index is 0.0234. The number of nitrogens with zero attached hydrogens (tertiary/aromatic N) is 1. The molecule has 3 rings (SSSR count). The molecule has 0 bridgehead atoms. The van der Waals surface area contributed by atoms with Gasteiger partial charge in [-0.05, 0) is 38.3 Å². The molecular formula is C16H19N3O3S. The van der Waals surface area contributed by atoms with E-state index in [0.717, 1.165) is 25.0 Å². The quantitative estimate of drug-likeness (QED) is 0.898. The summed E-state index contributed by atoms with van der Waals surface area (Å²) in [4.78, 5) is 28.0. The van der Waals surface area contributed by atoms with Gasteiger partial charge in [-0.3, -0.25) is 9.59 Å². The van der Waals surface area contributed by atoms with Crippen molar-refractivity contribution in [3.8, 4) is 10.8 Å². The van der Waals surface area contributed by atoms with Crippen LogP contribution in [-0.4, -0.2) is 22.8 Å². The molecule has 2 aromatic rings. The topological polar surface area (TPSA) is 98.2 Å². The Hall–Kier alpha value is -2.15. The van der Waals surface area contributed by atoms with Gasteiger partial charge in [0.15, 0.2) is 10.8 Å². The number of nitrogens with one attached hydrogen (secondary N) is 1. The number of primary amides is 1. The number of hydrogen-bond acceptors (Lipinski definition) is 5. The molecule has 1 aliphatic rings. The minimum atomic E-state index is -0.284. The average Bonchev–Trinajstić information content (AvgIpc) is 3.16. The van der Waals surface area contributed by atoms with Crippen LogP contribution < -0.4 is 11.1 Å². The lowest BCUT2D eigenvalue weighted by Crippen LogP contribution is -2.41. The third kappa shape index (κ3) is 3.61. The van der Waals surface area contributed by atoms with Gasteiger partial charge in [0.25, 0.3) is 5.91 Å². The first kappa shape index (κ1) is 15.7. The van der Waals surface area contributed by atoms with Crippen molar-refractivity contribution in [2.24, 2.45) is 11.7 Å². The lowest BCUT2D eigenvalue weighted by Gasteiger charge is -2.27. The van der Waals surface area contributed by atoms with Gasteiger partial charge >= 0.3 is 0 Å². The van der Waals surface area contributed by atoms with E-state index in [9.17, 15) is 9.59 Å². The van der Waals surface area contributed by atoms with Gasteiger partial charge in [0.2, 0.25) is 5.91 Å². The smallest absolute Gasteiger partial charge is 0.270 e. The third-order valence-corrected chi connectivity index (χ3v) is 4.96. The Kier molecular flexibility index (Phi) is 4.47. The number of aryl methyl sites for hydroxylation is 1. The summed E-state index contributed by atoms with van der Waals surface area (Å²) >= 11 is 1.37. The Morgan fingerprint density at radius 1 is 1.39 bits per heavy atom. The van der Waals surface area contributed by atoms with Gasteiger partial charge < -0.3 is 15.5 Å². The predicted octanol–water partition coefficient (Wildman–Crippen LogP) is 2.49. The van der Waals surface area contributed by atoms with Crippen molar-refractivity contribution in [2.45, 2.75) is 38.6 Å². The monoisotopic (exact) mass is 333 g/mol.